The number of nitrogens with one attached hydrogen (secondary N) is 1. The molecule has 2 aromatic carbocycles. The van der Waals surface area contributed by atoms with Crippen LogP contribution in [-0.2, 0) is 22.6 Å². The van der Waals surface area contributed by atoms with Crippen molar-refractivity contribution >= 4 is 29.0 Å². The fourth-order valence-corrected chi connectivity index (χ4v) is 4.44. The van der Waals surface area contributed by atoms with Gasteiger partial charge in [-0.2, -0.15) is 0 Å². The van der Waals surface area contributed by atoms with Crippen LogP contribution in [0.2, 0.25) is 0 Å². The molecule has 2 aromatic rings. The Balaban J connectivity index is 0.000000581. The zero-order chi connectivity index (χ0) is 25.8. The molecule has 0 aromatic heterocycles. The van der Waals surface area contributed by atoms with Gasteiger partial charge in [0.2, 0.25) is 11.8 Å². The minimum absolute atomic E-state index is 0. The van der Waals surface area contributed by atoms with Gasteiger partial charge in [0.05, 0.1) is 6.61 Å². The second-order valence-electron chi connectivity index (χ2n) is 8.61. The molecule has 0 aliphatic carbocycles. The largest absolute Gasteiger partial charge is 1.00 e. The van der Waals surface area contributed by atoms with Gasteiger partial charge in [0.1, 0.15) is 11.8 Å². The Labute approximate surface area is 227 Å². The number of rotatable bonds is 5. The summed E-state index contributed by atoms with van der Waals surface area (Å²) >= 11 is 0. The van der Waals surface area contributed by atoms with E-state index in [0.29, 0.717) is 36.4 Å². The number of fused-ring (bicyclic) bond motifs is 2. The van der Waals surface area contributed by atoms with Crippen LogP contribution in [0, 0.1) is 13.3 Å². The number of carbonyl (C=O) groups excluding carboxylic acids is 3. The number of allylic oxidation sites excluding steroid dienone is 3. The number of hydrogen-bond acceptors (Lipinski definition) is 4. The standard InChI is InChI=1S/C24H19N3O4.C4H6F.Li/c1-13(22(25)16-3-6-20-15(11-16)8-9-31-20)14-2-4-18-17(10-14)12-27(24(18)30)19-5-7-21(28)26-23(19)29;1-2-3-4-5;/h1-4,6,10-11,19H,5,7-9,12H2,(H,26,28,29);2-4H,1H3;/q-2;-1;+1/b;3-2+;. The second kappa shape index (κ2) is 12.1. The summed E-state index contributed by atoms with van der Waals surface area (Å²) in [6, 6.07) is 9.89. The van der Waals surface area contributed by atoms with Crippen LogP contribution in [0.5, 0.6) is 5.75 Å². The first-order valence-electron chi connectivity index (χ1n) is 11.6. The molecule has 0 saturated carbocycles. The van der Waals surface area contributed by atoms with Crippen LogP contribution in [0.15, 0.2) is 48.6 Å². The minimum Gasteiger partial charge on any atom is -0.872 e. The summed E-state index contributed by atoms with van der Waals surface area (Å²) in [5, 5.41) is 13.0. The van der Waals surface area contributed by atoms with Crippen LogP contribution >= 0.6 is 0 Å². The van der Waals surface area contributed by atoms with Crippen LogP contribution in [-0.4, -0.2) is 41.0 Å². The number of nitrogens with zero attached hydrogens (tertiary/aromatic N) is 2. The minimum atomic E-state index is -0.670. The molecule has 9 heteroatoms. The van der Waals surface area contributed by atoms with Crippen molar-refractivity contribution in [3.63, 3.8) is 0 Å². The van der Waals surface area contributed by atoms with Crippen molar-refractivity contribution in [2.45, 2.75) is 38.8 Å². The van der Waals surface area contributed by atoms with E-state index in [-0.39, 0.29) is 54.9 Å². The Morgan fingerprint density at radius 3 is 2.57 bits per heavy atom. The summed E-state index contributed by atoms with van der Waals surface area (Å²) in [6.07, 6.45) is 4.26. The zero-order valence-corrected chi connectivity index (χ0v) is 20.8. The number of ether oxygens (including phenoxy) is 1. The summed E-state index contributed by atoms with van der Waals surface area (Å²) in [6.45, 7) is 9.39. The molecule has 1 fully saturated rings. The van der Waals surface area contributed by atoms with Crippen LogP contribution in [0.3, 0.4) is 0 Å². The normalized spacial score (nSPS) is 17.6. The predicted octanol–water partition coefficient (Wildman–Crippen LogP) is 0.955. The van der Waals surface area contributed by atoms with E-state index in [1.54, 1.807) is 37.3 Å². The topological polar surface area (TPSA) is 98.0 Å². The fraction of sp³-hybridized carbons (Fsp3) is 0.250. The third kappa shape index (κ3) is 5.87. The Hall–Kier alpha value is -3.60. The van der Waals surface area contributed by atoms with E-state index in [0.717, 1.165) is 23.3 Å². The zero-order valence-electron chi connectivity index (χ0n) is 20.8. The maximum absolute atomic E-state index is 12.8. The molecule has 1 saturated heterocycles. The monoisotopic (exact) mass is 493 g/mol. The summed E-state index contributed by atoms with van der Waals surface area (Å²) in [4.78, 5) is 37.9. The molecule has 1 N–H and O–H groups in total. The molecule has 3 amide bonds. The predicted molar refractivity (Wildman–Crippen MR) is 134 cm³/mol. The van der Waals surface area contributed by atoms with Crippen molar-refractivity contribution in [1.29, 1.82) is 0 Å². The molecule has 0 bridgehead atoms. The van der Waals surface area contributed by atoms with Gasteiger partial charge in [0.15, 0.2) is 0 Å². The molecule has 7 nitrogen and oxygen atoms in total. The first-order chi connectivity index (χ1) is 17.3. The van der Waals surface area contributed by atoms with Gasteiger partial charge in [-0.05, 0) is 23.6 Å². The SMILES string of the molecule is C/C=C/[CH-]F.[CH-]=C(C(=[N-])c1ccc2c(c1)CCO2)c1ccc2c(c1)CN(C1CCC(=O)NC1=O)C2=O.[Li+]. The second-order valence-corrected chi connectivity index (χ2v) is 8.61. The summed E-state index contributed by atoms with van der Waals surface area (Å²) in [7, 11) is 0. The molecule has 1 unspecified atom stereocenters. The molecule has 37 heavy (non-hydrogen) atoms. The van der Waals surface area contributed by atoms with Gasteiger partial charge in [0.25, 0.3) is 5.91 Å². The molecule has 0 radical (unpaired) electrons. The third-order valence-electron chi connectivity index (χ3n) is 6.32. The Morgan fingerprint density at radius 1 is 1.16 bits per heavy atom. The number of benzene rings is 2. The van der Waals surface area contributed by atoms with Crippen molar-refractivity contribution < 1.29 is 42.4 Å². The molecular weight excluding hydrogens is 468 g/mol. The van der Waals surface area contributed by atoms with E-state index in [4.69, 9.17) is 11.3 Å². The molecule has 3 aliphatic rings. The Kier molecular flexibility index (Phi) is 9.14. The number of hydrogen-bond donors (Lipinski definition) is 1. The quantitative estimate of drug-likeness (QED) is 0.290. The maximum atomic E-state index is 12.8. The average molecular weight is 493 g/mol. The van der Waals surface area contributed by atoms with Crippen molar-refractivity contribution in [2.75, 3.05) is 6.61 Å². The number of carbonyl (C=O) groups is 3. The molecule has 5 rings (SSSR count). The van der Waals surface area contributed by atoms with Crippen LogP contribution in [0.4, 0.5) is 4.39 Å². The van der Waals surface area contributed by atoms with Crippen LogP contribution < -0.4 is 28.9 Å². The van der Waals surface area contributed by atoms with Gasteiger partial charge < -0.3 is 19.4 Å². The average Bonchev–Trinajstić information content (AvgIpc) is 3.47. The first kappa shape index (κ1) is 28.0. The summed E-state index contributed by atoms with van der Waals surface area (Å²) in [5.74, 6) is -0.198. The first-order valence-corrected chi connectivity index (χ1v) is 11.6. The number of halogens is 1. The van der Waals surface area contributed by atoms with Crippen LogP contribution in [0.25, 0.3) is 11.0 Å². The smallest absolute Gasteiger partial charge is 0.872 e. The van der Waals surface area contributed by atoms with E-state index in [2.05, 4.69) is 5.32 Å². The summed E-state index contributed by atoms with van der Waals surface area (Å²) in [5.41, 5.74) is 3.60. The van der Waals surface area contributed by atoms with Gasteiger partial charge in [-0.15, -0.1) is 24.6 Å². The van der Waals surface area contributed by atoms with E-state index in [1.165, 1.54) is 11.0 Å². The van der Waals surface area contributed by atoms with E-state index >= 15 is 0 Å². The molecule has 1 atom stereocenters. The fourth-order valence-electron chi connectivity index (χ4n) is 4.44. The van der Waals surface area contributed by atoms with Crippen LogP contribution in [0.1, 0.15) is 52.4 Å². The van der Waals surface area contributed by atoms with E-state index < -0.39 is 11.9 Å². The van der Waals surface area contributed by atoms with Crippen molar-refractivity contribution in [2.24, 2.45) is 0 Å². The molecule has 3 heterocycles. The maximum Gasteiger partial charge on any atom is 1.00 e. The third-order valence-corrected chi connectivity index (χ3v) is 6.32. The van der Waals surface area contributed by atoms with Crippen molar-refractivity contribution in [1.82, 2.24) is 10.2 Å². The molecular formula is C28H25FLiN3O4-2. The van der Waals surface area contributed by atoms with Gasteiger partial charge >= 0.3 is 18.9 Å². The Bertz CT molecular complexity index is 1290. The van der Waals surface area contributed by atoms with Gasteiger partial charge in [-0.25, -0.2) is 24.3 Å². The summed E-state index contributed by atoms with van der Waals surface area (Å²) < 4.78 is 16.3. The number of imide groups is 1. The van der Waals surface area contributed by atoms with Crippen molar-refractivity contribution in [3.8, 4) is 5.75 Å². The van der Waals surface area contributed by atoms with E-state index in [9.17, 15) is 24.2 Å². The molecule has 186 valence electrons. The Morgan fingerprint density at radius 2 is 1.89 bits per heavy atom. The van der Waals surface area contributed by atoms with Gasteiger partial charge in [-0.1, -0.05) is 30.4 Å². The molecule has 0 spiro atoms. The number of piperidine rings is 1. The molecule has 3 aliphatic heterocycles. The van der Waals surface area contributed by atoms with Gasteiger partial charge in [-0.3, -0.25) is 25.4 Å². The number of amides is 3. The van der Waals surface area contributed by atoms with E-state index in [1.807, 2.05) is 12.1 Å². The van der Waals surface area contributed by atoms with Gasteiger partial charge in [0, 0.05) is 24.9 Å². The van der Waals surface area contributed by atoms with Crippen molar-refractivity contribution in [3.05, 3.63) is 95.0 Å².